The molecular weight excluding hydrogens is 270 g/mol. The van der Waals surface area contributed by atoms with E-state index in [0.29, 0.717) is 5.70 Å². The standard InChI is InChI=1S/C15H17N3OS/c1-11-6-3-4-7-13(11)16-10-15(19)18-17-12(2)14-8-5-9-20-14/h3-9,16-17H,2,10H2,1H3,(H,18,19). The molecule has 104 valence electrons. The van der Waals surface area contributed by atoms with E-state index in [1.54, 1.807) is 11.3 Å². The minimum Gasteiger partial charge on any atom is -0.376 e. The van der Waals surface area contributed by atoms with E-state index in [2.05, 4.69) is 22.7 Å². The van der Waals surface area contributed by atoms with E-state index in [4.69, 9.17) is 0 Å². The van der Waals surface area contributed by atoms with E-state index >= 15 is 0 Å². The summed E-state index contributed by atoms with van der Waals surface area (Å²) in [6.07, 6.45) is 0. The van der Waals surface area contributed by atoms with Gasteiger partial charge in [-0.05, 0) is 30.0 Å². The fourth-order valence-electron chi connectivity index (χ4n) is 1.65. The minimum absolute atomic E-state index is 0.147. The highest BCUT2D eigenvalue weighted by Gasteiger charge is 2.04. The molecule has 0 fully saturated rings. The molecule has 4 nitrogen and oxygen atoms in total. The fourth-order valence-corrected chi connectivity index (χ4v) is 2.30. The predicted octanol–water partition coefficient (Wildman–Crippen LogP) is 2.76. The molecule has 1 aromatic heterocycles. The predicted molar refractivity (Wildman–Crippen MR) is 84.3 cm³/mol. The molecule has 3 N–H and O–H groups in total. The molecule has 0 aliphatic heterocycles. The lowest BCUT2D eigenvalue weighted by Gasteiger charge is -2.12. The van der Waals surface area contributed by atoms with Gasteiger partial charge in [0, 0.05) is 5.69 Å². The average molecular weight is 287 g/mol. The number of hydrazine groups is 1. The van der Waals surface area contributed by atoms with Crippen molar-refractivity contribution in [2.24, 2.45) is 0 Å². The lowest BCUT2D eigenvalue weighted by molar-refractivity contribution is -0.120. The molecule has 0 saturated heterocycles. The zero-order valence-corrected chi connectivity index (χ0v) is 12.1. The highest BCUT2D eigenvalue weighted by molar-refractivity contribution is 7.11. The highest BCUT2D eigenvalue weighted by Crippen LogP contribution is 2.15. The number of para-hydroxylation sites is 1. The van der Waals surface area contributed by atoms with Crippen molar-refractivity contribution in [3.63, 3.8) is 0 Å². The summed E-state index contributed by atoms with van der Waals surface area (Å²) in [5, 5.41) is 5.05. The maximum absolute atomic E-state index is 11.7. The van der Waals surface area contributed by atoms with Crippen molar-refractivity contribution in [2.75, 3.05) is 11.9 Å². The molecule has 5 heteroatoms. The van der Waals surface area contributed by atoms with Crippen molar-refractivity contribution >= 4 is 28.6 Å². The second-order valence-electron chi connectivity index (χ2n) is 4.30. The van der Waals surface area contributed by atoms with Crippen LogP contribution in [0.1, 0.15) is 10.4 Å². The van der Waals surface area contributed by atoms with Crippen LogP contribution >= 0.6 is 11.3 Å². The largest absolute Gasteiger partial charge is 0.376 e. The number of hydrogen-bond donors (Lipinski definition) is 3. The summed E-state index contributed by atoms with van der Waals surface area (Å²) in [5.74, 6) is -0.147. The van der Waals surface area contributed by atoms with Crippen LogP contribution in [-0.4, -0.2) is 12.5 Å². The first kappa shape index (κ1) is 14.1. The van der Waals surface area contributed by atoms with Crippen molar-refractivity contribution in [1.29, 1.82) is 0 Å². The van der Waals surface area contributed by atoms with E-state index in [-0.39, 0.29) is 12.5 Å². The summed E-state index contributed by atoms with van der Waals surface area (Å²) in [4.78, 5) is 12.7. The van der Waals surface area contributed by atoms with Crippen LogP contribution in [0, 0.1) is 6.92 Å². The van der Waals surface area contributed by atoms with Gasteiger partial charge in [-0.3, -0.25) is 15.6 Å². The first-order valence-corrected chi connectivity index (χ1v) is 7.12. The molecule has 0 saturated carbocycles. The smallest absolute Gasteiger partial charge is 0.257 e. The third-order valence-electron chi connectivity index (χ3n) is 2.76. The van der Waals surface area contributed by atoms with Crippen LogP contribution in [0.4, 0.5) is 5.69 Å². The summed E-state index contributed by atoms with van der Waals surface area (Å²) in [7, 11) is 0. The number of rotatable bonds is 6. The van der Waals surface area contributed by atoms with Gasteiger partial charge in [0.25, 0.3) is 5.91 Å². The van der Waals surface area contributed by atoms with E-state index in [1.165, 1.54) is 0 Å². The maximum atomic E-state index is 11.7. The van der Waals surface area contributed by atoms with Gasteiger partial charge in [0.2, 0.25) is 0 Å². The molecule has 1 aromatic carbocycles. The summed E-state index contributed by atoms with van der Waals surface area (Å²) >= 11 is 1.57. The Kier molecular flexibility index (Phi) is 4.79. The number of nitrogens with one attached hydrogen (secondary N) is 3. The molecule has 0 bridgehead atoms. The summed E-state index contributed by atoms with van der Waals surface area (Å²) in [5.41, 5.74) is 8.18. The molecule has 0 atom stereocenters. The van der Waals surface area contributed by atoms with Gasteiger partial charge in [-0.15, -0.1) is 11.3 Å². The van der Waals surface area contributed by atoms with Crippen molar-refractivity contribution in [3.8, 4) is 0 Å². The first-order valence-electron chi connectivity index (χ1n) is 6.24. The van der Waals surface area contributed by atoms with Gasteiger partial charge >= 0.3 is 0 Å². The molecule has 2 aromatic rings. The molecule has 1 amide bonds. The Hall–Kier alpha value is -2.27. The molecule has 0 radical (unpaired) electrons. The van der Waals surface area contributed by atoms with Gasteiger partial charge in [0.1, 0.15) is 0 Å². The van der Waals surface area contributed by atoms with Crippen molar-refractivity contribution < 1.29 is 4.79 Å². The lowest BCUT2D eigenvalue weighted by Crippen LogP contribution is -2.39. The van der Waals surface area contributed by atoms with E-state index < -0.39 is 0 Å². The van der Waals surface area contributed by atoms with Gasteiger partial charge in [-0.25, -0.2) is 0 Å². The van der Waals surface area contributed by atoms with Gasteiger partial charge in [-0.1, -0.05) is 30.8 Å². The molecule has 20 heavy (non-hydrogen) atoms. The number of carbonyl (C=O) groups excluding carboxylic acids is 1. The van der Waals surface area contributed by atoms with Crippen molar-refractivity contribution in [3.05, 3.63) is 58.8 Å². The highest BCUT2D eigenvalue weighted by atomic mass is 32.1. The van der Waals surface area contributed by atoms with Crippen LogP contribution < -0.4 is 16.2 Å². The molecule has 1 heterocycles. The van der Waals surface area contributed by atoms with Crippen LogP contribution in [0.3, 0.4) is 0 Å². The lowest BCUT2D eigenvalue weighted by atomic mass is 10.2. The second-order valence-corrected chi connectivity index (χ2v) is 5.25. The van der Waals surface area contributed by atoms with Crippen LogP contribution in [0.15, 0.2) is 48.4 Å². The summed E-state index contributed by atoms with van der Waals surface area (Å²) < 4.78 is 0. The molecule has 0 aliphatic rings. The summed E-state index contributed by atoms with van der Waals surface area (Å²) in [6, 6.07) is 11.7. The number of aryl methyl sites for hydroxylation is 1. The number of benzene rings is 1. The monoisotopic (exact) mass is 287 g/mol. The Bertz CT molecular complexity index is 593. The maximum Gasteiger partial charge on any atom is 0.257 e. The van der Waals surface area contributed by atoms with Gasteiger partial charge in [0.05, 0.1) is 17.1 Å². The number of thiophene rings is 1. The molecular formula is C15H17N3OS. The van der Waals surface area contributed by atoms with Crippen LogP contribution in [0.2, 0.25) is 0 Å². The Labute approximate surface area is 122 Å². The Morgan fingerprint density at radius 2 is 2.00 bits per heavy atom. The van der Waals surface area contributed by atoms with Crippen LogP contribution in [-0.2, 0) is 4.79 Å². The number of amides is 1. The first-order chi connectivity index (χ1) is 9.66. The average Bonchev–Trinajstić information content (AvgIpc) is 2.98. The zero-order chi connectivity index (χ0) is 14.4. The zero-order valence-electron chi connectivity index (χ0n) is 11.3. The van der Waals surface area contributed by atoms with Crippen LogP contribution in [0.25, 0.3) is 5.70 Å². The second kappa shape index (κ2) is 6.77. The number of anilines is 1. The van der Waals surface area contributed by atoms with E-state index in [9.17, 15) is 4.79 Å². The van der Waals surface area contributed by atoms with E-state index in [0.717, 1.165) is 16.1 Å². The quantitative estimate of drug-likeness (QED) is 0.716. The Balaban J connectivity index is 1.76. The minimum atomic E-state index is -0.147. The van der Waals surface area contributed by atoms with Crippen LogP contribution in [0.5, 0.6) is 0 Å². The third kappa shape index (κ3) is 3.86. The van der Waals surface area contributed by atoms with E-state index in [1.807, 2.05) is 48.7 Å². The third-order valence-corrected chi connectivity index (χ3v) is 3.69. The normalized spacial score (nSPS) is 9.85. The van der Waals surface area contributed by atoms with Crippen molar-refractivity contribution in [1.82, 2.24) is 10.9 Å². The number of carbonyl (C=O) groups is 1. The fraction of sp³-hybridized carbons (Fsp3) is 0.133. The molecule has 0 aliphatic carbocycles. The Morgan fingerprint density at radius 1 is 1.20 bits per heavy atom. The molecule has 0 unspecified atom stereocenters. The Morgan fingerprint density at radius 3 is 2.70 bits per heavy atom. The van der Waals surface area contributed by atoms with Crippen molar-refractivity contribution in [2.45, 2.75) is 6.92 Å². The molecule has 0 spiro atoms. The molecule has 2 rings (SSSR count). The van der Waals surface area contributed by atoms with Gasteiger partial charge in [0.15, 0.2) is 0 Å². The van der Waals surface area contributed by atoms with Gasteiger partial charge in [-0.2, -0.15) is 0 Å². The number of hydrogen-bond acceptors (Lipinski definition) is 4. The SMILES string of the molecule is C=C(NNC(=O)CNc1ccccc1C)c1cccs1. The summed E-state index contributed by atoms with van der Waals surface area (Å²) in [6.45, 7) is 6.07. The van der Waals surface area contributed by atoms with Gasteiger partial charge < -0.3 is 5.32 Å². The topological polar surface area (TPSA) is 53.2 Å².